The van der Waals surface area contributed by atoms with Crippen LogP contribution in [0.5, 0.6) is 0 Å². The summed E-state index contributed by atoms with van der Waals surface area (Å²) in [6.07, 6.45) is -16.8. The average molecular weight is 581 g/mol. The molecular formula is C25H33F13. The van der Waals surface area contributed by atoms with Crippen molar-refractivity contribution in [3.05, 3.63) is 0 Å². The fourth-order valence-electron chi connectivity index (χ4n) is 7.92. The van der Waals surface area contributed by atoms with Crippen LogP contribution in [0.1, 0.15) is 72.1 Å². The van der Waals surface area contributed by atoms with Gasteiger partial charge in [0.05, 0.1) is 17.3 Å². The van der Waals surface area contributed by atoms with Crippen molar-refractivity contribution in [3.8, 4) is 0 Å². The highest BCUT2D eigenvalue weighted by atomic mass is 19.4. The average Bonchev–Trinajstić information content (AvgIpc) is 3.31. The topological polar surface area (TPSA) is 0 Å². The normalized spacial score (nSPS) is 41.7. The Bertz CT molecular complexity index is 827. The quantitative estimate of drug-likeness (QED) is 0.274. The van der Waals surface area contributed by atoms with E-state index in [0.29, 0.717) is 6.92 Å². The predicted molar refractivity (Wildman–Crippen MR) is 112 cm³/mol. The molecule has 3 saturated carbocycles. The number of alkyl halides is 13. The summed E-state index contributed by atoms with van der Waals surface area (Å²) in [5.41, 5.74) is -2.54. The van der Waals surface area contributed by atoms with E-state index in [1.165, 1.54) is 6.92 Å². The monoisotopic (exact) mass is 580 g/mol. The lowest BCUT2D eigenvalue weighted by Crippen LogP contribution is -2.45. The minimum atomic E-state index is -5.40. The Morgan fingerprint density at radius 3 is 1.53 bits per heavy atom. The van der Waals surface area contributed by atoms with Crippen molar-refractivity contribution in [2.45, 2.75) is 103 Å². The van der Waals surface area contributed by atoms with Crippen LogP contribution in [0.4, 0.5) is 57.1 Å². The van der Waals surface area contributed by atoms with Gasteiger partial charge >= 0.3 is 30.4 Å². The van der Waals surface area contributed by atoms with Crippen molar-refractivity contribution in [2.24, 2.45) is 52.8 Å². The molecule has 0 aromatic carbocycles. The van der Waals surface area contributed by atoms with Gasteiger partial charge in [-0.3, -0.25) is 0 Å². The molecule has 38 heavy (non-hydrogen) atoms. The molecule has 3 rings (SSSR count). The summed E-state index contributed by atoms with van der Waals surface area (Å²) in [5.74, 6) is -24.4. The van der Waals surface area contributed by atoms with E-state index in [1.807, 2.05) is 0 Å². The summed E-state index contributed by atoms with van der Waals surface area (Å²) >= 11 is 0. The van der Waals surface area contributed by atoms with Crippen LogP contribution in [-0.4, -0.2) is 30.4 Å². The molecule has 3 aliphatic carbocycles. The molecule has 3 aliphatic rings. The minimum Gasteiger partial charge on any atom is -0.200 e. The third-order valence-corrected chi connectivity index (χ3v) is 10.2. The van der Waals surface area contributed by atoms with Gasteiger partial charge < -0.3 is 0 Å². The van der Waals surface area contributed by atoms with Crippen LogP contribution in [0.3, 0.4) is 0 Å². The molecule has 0 spiro atoms. The van der Waals surface area contributed by atoms with E-state index in [1.54, 1.807) is 0 Å². The van der Waals surface area contributed by atoms with E-state index < -0.39 is 96.0 Å². The highest BCUT2D eigenvalue weighted by molar-refractivity contribution is 5.09. The van der Waals surface area contributed by atoms with Gasteiger partial charge in [0.25, 0.3) is 0 Å². The van der Waals surface area contributed by atoms with Gasteiger partial charge in [-0.1, -0.05) is 20.8 Å². The van der Waals surface area contributed by atoms with Crippen molar-refractivity contribution in [1.29, 1.82) is 0 Å². The highest BCUT2D eigenvalue weighted by Gasteiger charge is 2.77. The molecule has 0 aromatic rings. The Morgan fingerprint density at radius 1 is 0.605 bits per heavy atom. The molecule has 0 nitrogen and oxygen atoms in total. The molecule has 13 heteroatoms. The van der Waals surface area contributed by atoms with Crippen molar-refractivity contribution >= 4 is 0 Å². The van der Waals surface area contributed by atoms with Gasteiger partial charge in [0, 0.05) is 11.8 Å². The van der Waals surface area contributed by atoms with Crippen LogP contribution >= 0.6 is 0 Å². The minimum absolute atomic E-state index is 0.0873. The van der Waals surface area contributed by atoms with E-state index in [-0.39, 0.29) is 38.5 Å². The summed E-state index contributed by atoms with van der Waals surface area (Å²) in [5, 5.41) is 0. The number of hydrogen-bond acceptors (Lipinski definition) is 0. The summed E-state index contributed by atoms with van der Waals surface area (Å²) < 4.78 is 181. The van der Waals surface area contributed by atoms with Gasteiger partial charge in [-0.2, -0.15) is 57.1 Å². The summed E-state index contributed by atoms with van der Waals surface area (Å²) in [4.78, 5) is 0. The van der Waals surface area contributed by atoms with Crippen LogP contribution < -0.4 is 0 Å². The maximum atomic E-state index is 14.5. The molecule has 0 aromatic heterocycles. The standard InChI is InChI=1S/C25H33F13/c1-12-4-5-14(18(12)23(30,31)32)6-7-15-8-9-16(20(15,3)25(36,37)38)10-11-17-19(24(33,34)35)13(2)21(26,27)22(17,28)29/h12-19H,4-11H2,1-3H3. The first kappa shape index (κ1) is 31.6. The molecule has 3 fully saturated rings. The Balaban J connectivity index is 1.79. The van der Waals surface area contributed by atoms with Crippen molar-refractivity contribution < 1.29 is 57.1 Å². The third-order valence-electron chi connectivity index (χ3n) is 10.2. The zero-order valence-corrected chi connectivity index (χ0v) is 21.2. The fraction of sp³-hybridized carbons (Fsp3) is 1.00. The Morgan fingerprint density at radius 2 is 1.08 bits per heavy atom. The summed E-state index contributed by atoms with van der Waals surface area (Å²) in [6, 6.07) is 0. The van der Waals surface area contributed by atoms with E-state index in [2.05, 4.69) is 0 Å². The Kier molecular flexibility index (Phi) is 8.21. The zero-order valence-electron chi connectivity index (χ0n) is 21.2. The fourth-order valence-corrected chi connectivity index (χ4v) is 7.92. The van der Waals surface area contributed by atoms with Gasteiger partial charge in [-0.05, 0) is 75.0 Å². The van der Waals surface area contributed by atoms with Crippen LogP contribution in [0, 0.1) is 52.8 Å². The lowest BCUT2D eigenvalue weighted by molar-refractivity contribution is -0.249. The van der Waals surface area contributed by atoms with Gasteiger partial charge in [-0.15, -0.1) is 0 Å². The first-order chi connectivity index (χ1) is 17.0. The highest BCUT2D eigenvalue weighted by Crippen LogP contribution is 2.65. The molecule has 0 N–H and O–H groups in total. The van der Waals surface area contributed by atoms with Crippen molar-refractivity contribution in [1.82, 2.24) is 0 Å². The zero-order chi connectivity index (χ0) is 29.3. The van der Waals surface area contributed by atoms with Crippen LogP contribution in [0.2, 0.25) is 0 Å². The lowest BCUT2D eigenvalue weighted by Gasteiger charge is -2.40. The van der Waals surface area contributed by atoms with Crippen LogP contribution in [0.15, 0.2) is 0 Å². The summed E-state index contributed by atoms with van der Waals surface area (Å²) in [6.45, 7) is 2.65. The molecule has 9 unspecified atom stereocenters. The molecule has 224 valence electrons. The van der Waals surface area contributed by atoms with Crippen molar-refractivity contribution in [2.75, 3.05) is 0 Å². The number of halogens is 13. The first-order valence-corrected chi connectivity index (χ1v) is 12.9. The Labute approximate surface area is 213 Å². The Hall–Kier alpha value is -0.910. The lowest BCUT2D eigenvalue weighted by atomic mass is 9.68. The van der Waals surface area contributed by atoms with E-state index in [9.17, 15) is 57.1 Å². The van der Waals surface area contributed by atoms with E-state index in [0.717, 1.165) is 6.92 Å². The van der Waals surface area contributed by atoms with Gasteiger partial charge in [0.1, 0.15) is 0 Å². The SMILES string of the molecule is CC1CCC(CCC2CCC(CCC3C(C(F)(F)F)C(C)C(F)(F)C3(F)F)C2(C)C(F)(F)F)C1C(F)(F)F. The van der Waals surface area contributed by atoms with Crippen LogP contribution in [-0.2, 0) is 0 Å². The molecule has 0 amide bonds. The first-order valence-electron chi connectivity index (χ1n) is 12.9. The second-order valence-electron chi connectivity index (χ2n) is 12.0. The molecule has 0 bridgehead atoms. The van der Waals surface area contributed by atoms with Crippen molar-refractivity contribution in [3.63, 3.8) is 0 Å². The molecule has 0 radical (unpaired) electrons. The molecule has 0 aliphatic heterocycles. The largest absolute Gasteiger partial charge is 0.394 e. The van der Waals surface area contributed by atoms with Gasteiger partial charge in [0.2, 0.25) is 0 Å². The van der Waals surface area contributed by atoms with E-state index >= 15 is 0 Å². The molecule has 0 saturated heterocycles. The van der Waals surface area contributed by atoms with Crippen LogP contribution in [0.25, 0.3) is 0 Å². The molecular weight excluding hydrogens is 547 g/mol. The molecule has 9 atom stereocenters. The smallest absolute Gasteiger partial charge is 0.200 e. The van der Waals surface area contributed by atoms with E-state index in [4.69, 9.17) is 0 Å². The number of hydrogen-bond donors (Lipinski definition) is 0. The number of rotatable bonds is 6. The predicted octanol–water partition coefficient (Wildman–Crippen LogP) is 10.1. The summed E-state index contributed by atoms with van der Waals surface area (Å²) in [7, 11) is 0. The second-order valence-corrected chi connectivity index (χ2v) is 12.0. The second kappa shape index (κ2) is 9.87. The third kappa shape index (κ3) is 5.14. The maximum absolute atomic E-state index is 14.5. The maximum Gasteiger partial charge on any atom is 0.394 e. The molecule has 0 heterocycles. The van der Waals surface area contributed by atoms with Gasteiger partial charge in [-0.25, -0.2) is 0 Å². The van der Waals surface area contributed by atoms with Gasteiger partial charge in [0.15, 0.2) is 0 Å².